The summed E-state index contributed by atoms with van der Waals surface area (Å²) >= 11 is 0. The average molecular weight is 369 g/mol. The van der Waals surface area contributed by atoms with Crippen LogP contribution in [0.5, 0.6) is 0 Å². The van der Waals surface area contributed by atoms with E-state index >= 15 is 0 Å². The fourth-order valence-electron chi connectivity index (χ4n) is 2.44. The van der Waals surface area contributed by atoms with Crippen molar-refractivity contribution in [3.8, 4) is 0 Å². The number of carbonyl (C=O) groups excluding carboxylic acids is 2. The monoisotopic (exact) mass is 369 g/mol. The first-order valence-electron chi connectivity index (χ1n) is 9.14. The molecule has 0 radical (unpaired) electrons. The Labute approximate surface area is 160 Å². The lowest BCUT2D eigenvalue weighted by Crippen LogP contribution is -2.42. The maximum absolute atomic E-state index is 11.7. The highest BCUT2D eigenvalue weighted by atomic mass is 16.5. The van der Waals surface area contributed by atoms with Crippen LogP contribution in [0.15, 0.2) is 60.7 Å². The topological polar surface area (TPSA) is 79.5 Å². The van der Waals surface area contributed by atoms with E-state index in [0.29, 0.717) is 26.1 Å². The highest BCUT2D eigenvalue weighted by Gasteiger charge is 2.06. The molecule has 0 aromatic heterocycles. The highest BCUT2D eigenvalue weighted by Crippen LogP contribution is 2.15. The smallest absolute Gasteiger partial charge is 0.315 e. The predicted molar refractivity (Wildman–Crippen MR) is 105 cm³/mol. The summed E-state index contributed by atoms with van der Waals surface area (Å²) in [7, 11) is 0. The quantitative estimate of drug-likeness (QED) is 0.564. The van der Waals surface area contributed by atoms with Crippen molar-refractivity contribution in [2.24, 2.45) is 0 Å². The number of ether oxygens (including phenoxy) is 1. The molecule has 27 heavy (non-hydrogen) atoms. The van der Waals surface area contributed by atoms with Gasteiger partial charge in [-0.3, -0.25) is 4.79 Å². The first-order chi connectivity index (χ1) is 13.1. The second kappa shape index (κ2) is 11.7. The first kappa shape index (κ1) is 20.5. The summed E-state index contributed by atoms with van der Waals surface area (Å²) in [6, 6.07) is 19.2. The maximum atomic E-state index is 11.7. The Balaban J connectivity index is 1.50. The van der Waals surface area contributed by atoms with Crippen LogP contribution >= 0.6 is 0 Å². The van der Waals surface area contributed by atoms with Crippen molar-refractivity contribution in [3.05, 3.63) is 71.8 Å². The number of rotatable bonds is 10. The van der Waals surface area contributed by atoms with Crippen molar-refractivity contribution in [2.75, 3.05) is 19.7 Å². The summed E-state index contributed by atoms with van der Waals surface area (Å²) in [5.74, 6) is -0.221. The molecule has 1 unspecified atom stereocenters. The minimum atomic E-state index is -0.367. The van der Waals surface area contributed by atoms with Crippen LogP contribution in [0.25, 0.3) is 0 Å². The largest absolute Gasteiger partial charge is 0.374 e. The molecule has 0 aliphatic heterocycles. The molecule has 0 saturated heterocycles. The first-order valence-corrected chi connectivity index (χ1v) is 9.14. The molecule has 2 aromatic rings. The van der Waals surface area contributed by atoms with Crippen LogP contribution in [-0.4, -0.2) is 31.6 Å². The molecule has 6 nitrogen and oxygen atoms in total. The van der Waals surface area contributed by atoms with Gasteiger partial charge in [-0.15, -0.1) is 0 Å². The number of urea groups is 1. The summed E-state index contributed by atoms with van der Waals surface area (Å²) in [5, 5.41) is 8.01. The van der Waals surface area contributed by atoms with Crippen LogP contribution in [0.1, 0.15) is 30.6 Å². The number of amides is 3. The van der Waals surface area contributed by atoms with Crippen LogP contribution in [-0.2, 0) is 16.1 Å². The van der Waals surface area contributed by atoms with Gasteiger partial charge in [-0.1, -0.05) is 60.7 Å². The molecule has 2 aromatic carbocycles. The van der Waals surface area contributed by atoms with E-state index < -0.39 is 0 Å². The lowest BCUT2D eigenvalue weighted by molar-refractivity contribution is -0.120. The standard InChI is InChI=1S/C21H27N3O3/c1-17(19-11-6-3-7-12-19)27-14-8-13-22-20(25)16-24-21(26)23-15-18-9-4-2-5-10-18/h2-7,9-12,17H,8,13-16H2,1H3,(H,22,25)(H2,23,24,26). The minimum absolute atomic E-state index is 0.0249. The number of hydrogen-bond acceptors (Lipinski definition) is 3. The number of nitrogens with one attached hydrogen (secondary N) is 3. The van der Waals surface area contributed by atoms with Crippen LogP contribution in [0.3, 0.4) is 0 Å². The molecule has 0 saturated carbocycles. The Bertz CT molecular complexity index is 692. The molecule has 0 heterocycles. The summed E-state index contributed by atoms with van der Waals surface area (Å²) in [5.41, 5.74) is 2.13. The van der Waals surface area contributed by atoms with Gasteiger partial charge in [-0.25, -0.2) is 4.79 Å². The Kier molecular flexibility index (Phi) is 8.86. The van der Waals surface area contributed by atoms with Crippen molar-refractivity contribution in [3.63, 3.8) is 0 Å². The third kappa shape index (κ3) is 8.37. The van der Waals surface area contributed by atoms with Gasteiger partial charge in [-0.2, -0.15) is 0 Å². The minimum Gasteiger partial charge on any atom is -0.374 e. The highest BCUT2D eigenvalue weighted by molar-refractivity contribution is 5.83. The SMILES string of the molecule is CC(OCCCNC(=O)CNC(=O)NCc1ccccc1)c1ccccc1. The Morgan fingerprint density at radius 2 is 1.59 bits per heavy atom. The lowest BCUT2D eigenvalue weighted by atomic mass is 10.1. The normalized spacial score (nSPS) is 11.4. The molecule has 2 rings (SSSR count). The molecule has 0 aliphatic rings. The second-order valence-electron chi connectivity index (χ2n) is 6.15. The molecule has 0 spiro atoms. The summed E-state index contributed by atoms with van der Waals surface area (Å²) in [6.45, 7) is 3.44. The van der Waals surface area contributed by atoms with Crippen LogP contribution < -0.4 is 16.0 Å². The molecule has 6 heteroatoms. The Morgan fingerprint density at radius 3 is 2.30 bits per heavy atom. The van der Waals surface area contributed by atoms with Gasteiger partial charge in [0.15, 0.2) is 0 Å². The molecule has 1 atom stereocenters. The number of hydrogen-bond donors (Lipinski definition) is 3. The fraction of sp³-hybridized carbons (Fsp3) is 0.333. The van der Waals surface area contributed by atoms with Gasteiger partial charge in [-0.05, 0) is 24.5 Å². The maximum Gasteiger partial charge on any atom is 0.315 e. The third-order valence-electron chi connectivity index (χ3n) is 3.99. The van der Waals surface area contributed by atoms with E-state index in [4.69, 9.17) is 4.74 Å². The zero-order chi connectivity index (χ0) is 19.3. The molecule has 3 amide bonds. The van der Waals surface area contributed by atoms with Gasteiger partial charge in [0.25, 0.3) is 0 Å². The molecule has 0 aliphatic carbocycles. The zero-order valence-corrected chi connectivity index (χ0v) is 15.6. The van der Waals surface area contributed by atoms with Crippen molar-refractivity contribution in [2.45, 2.75) is 26.0 Å². The van der Waals surface area contributed by atoms with E-state index in [-0.39, 0.29) is 24.6 Å². The van der Waals surface area contributed by atoms with Gasteiger partial charge in [0.2, 0.25) is 5.91 Å². The molecule has 0 fully saturated rings. The molecule has 3 N–H and O–H groups in total. The van der Waals surface area contributed by atoms with E-state index in [0.717, 1.165) is 11.1 Å². The lowest BCUT2D eigenvalue weighted by Gasteiger charge is -2.13. The molecule has 0 bridgehead atoms. The van der Waals surface area contributed by atoms with E-state index in [1.807, 2.05) is 67.6 Å². The van der Waals surface area contributed by atoms with Gasteiger partial charge in [0.05, 0.1) is 12.6 Å². The van der Waals surface area contributed by atoms with Gasteiger partial charge in [0, 0.05) is 19.7 Å². The average Bonchev–Trinajstić information content (AvgIpc) is 2.71. The van der Waals surface area contributed by atoms with Crippen LogP contribution in [0.4, 0.5) is 4.79 Å². The summed E-state index contributed by atoms with van der Waals surface area (Å²) < 4.78 is 5.75. The summed E-state index contributed by atoms with van der Waals surface area (Å²) in [6.07, 6.45) is 0.736. The van der Waals surface area contributed by atoms with Crippen molar-refractivity contribution < 1.29 is 14.3 Å². The zero-order valence-electron chi connectivity index (χ0n) is 15.6. The van der Waals surface area contributed by atoms with Crippen molar-refractivity contribution in [1.82, 2.24) is 16.0 Å². The predicted octanol–water partition coefficient (Wildman–Crippen LogP) is 2.77. The summed E-state index contributed by atoms with van der Waals surface area (Å²) in [4.78, 5) is 23.4. The van der Waals surface area contributed by atoms with E-state index in [1.165, 1.54) is 0 Å². The van der Waals surface area contributed by atoms with Gasteiger partial charge in [0.1, 0.15) is 0 Å². The Hall–Kier alpha value is -2.86. The van der Waals surface area contributed by atoms with Gasteiger partial charge >= 0.3 is 6.03 Å². The van der Waals surface area contributed by atoms with Crippen molar-refractivity contribution >= 4 is 11.9 Å². The third-order valence-corrected chi connectivity index (χ3v) is 3.99. The van der Waals surface area contributed by atoms with Crippen LogP contribution in [0.2, 0.25) is 0 Å². The molecular weight excluding hydrogens is 342 g/mol. The second-order valence-corrected chi connectivity index (χ2v) is 6.15. The van der Waals surface area contributed by atoms with E-state index in [2.05, 4.69) is 16.0 Å². The van der Waals surface area contributed by atoms with Gasteiger partial charge < -0.3 is 20.7 Å². The fourth-order valence-corrected chi connectivity index (χ4v) is 2.44. The van der Waals surface area contributed by atoms with E-state index in [1.54, 1.807) is 0 Å². The van der Waals surface area contributed by atoms with Crippen LogP contribution in [0, 0.1) is 0 Å². The van der Waals surface area contributed by atoms with E-state index in [9.17, 15) is 9.59 Å². The molecule has 144 valence electrons. The number of benzene rings is 2. The molecular formula is C21H27N3O3. The number of carbonyl (C=O) groups is 2. The Morgan fingerprint density at radius 1 is 0.926 bits per heavy atom. The van der Waals surface area contributed by atoms with Crippen molar-refractivity contribution in [1.29, 1.82) is 0 Å².